The monoisotopic (exact) mass is 718 g/mol. The van der Waals surface area contributed by atoms with Gasteiger partial charge in [0.25, 0.3) is 11.8 Å². The molecule has 1 heterocycles. The number of aromatic nitrogens is 3. The summed E-state index contributed by atoms with van der Waals surface area (Å²) >= 11 is 0. The molecule has 0 aliphatic heterocycles. The number of nitrogens with one attached hydrogen (secondary N) is 5. The molecule has 0 spiro atoms. The van der Waals surface area contributed by atoms with E-state index in [-0.39, 0.29) is 23.6 Å². The molecule has 0 radical (unpaired) electrons. The lowest BCUT2D eigenvalue weighted by Crippen LogP contribution is -2.27. The van der Waals surface area contributed by atoms with E-state index < -0.39 is 0 Å². The minimum atomic E-state index is -0.316. The number of benzene rings is 3. The third-order valence-corrected chi connectivity index (χ3v) is 7.12. The van der Waals surface area contributed by atoms with E-state index in [1.165, 1.54) is 12.1 Å². The fourth-order valence-corrected chi connectivity index (χ4v) is 4.50. The summed E-state index contributed by atoms with van der Waals surface area (Å²) in [5.41, 5.74) is 2.61. The van der Waals surface area contributed by atoms with Crippen LogP contribution >= 0.6 is 0 Å². The largest absolute Gasteiger partial charge is 0.379 e. The molecule has 0 aliphatic carbocycles. The van der Waals surface area contributed by atoms with Crippen LogP contribution in [0.1, 0.15) is 39.6 Å². The lowest BCUT2D eigenvalue weighted by Gasteiger charge is -2.12. The van der Waals surface area contributed by atoms with Gasteiger partial charge in [-0.2, -0.15) is 15.0 Å². The first-order valence-electron chi connectivity index (χ1n) is 17.3. The van der Waals surface area contributed by atoms with Crippen molar-refractivity contribution in [2.75, 3.05) is 88.4 Å². The highest BCUT2D eigenvalue weighted by Crippen LogP contribution is 2.17. The van der Waals surface area contributed by atoms with Crippen LogP contribution < -0.4 is 26.6 Å². The third-order valence-electron chi connectivity index (χ3n) is 7.12. The van der Waals surface area contributed by atoms with Crippen LogP contribution in [0.2, 0.25) is 0 Å². The molecule has 5 N–H and O–H groups in total. The van der Waals surface area contributed by atoms with E-state index in [9.17, 15) is 14.0 Å². The molecule has 0 atom stereocenters. The minimum Gasteiger partial charge on any atom is -0.379 e. The second kappa shape index (κ2) is 23.3. The standard InChI is InChI=1S/C37H47FN8O6/c1-2-19-49-23-24-50-21-17-40-34(48)30-10-14-32(15-11-30)43-37-45-35(44-36(46-37)42-27-28-8-12-31(38)13-9-28)41-18-22-52-26-25-51-20-16-39-33(47)29-6-4-3-5-7-29/h3-15H,2,16-27H2,1H3,(H,39,47)(H,40,48)(H3,41,42,43,44,45,46). The van der Waals surface area contributed by atoms with Crippen molar-refractivity contribution in [3.05, 3.63) is 101 Å². The fraction of sp³-hybridized carbons (Fsp3) is 0.378. The highest BCUT2D eigenvalue weighted by atomic mass is 19.1. The average Bonchev–Trinajstić information content (AvgIpc) is 3.17. The number of nitrogens with zero attached hydrogens (tertiary/aromatic N) is 3. The van der Waals surface area contributed by atoms with E-state index in [0.717, 1.165) is 12.0 Å². The Hall–Kier alpha value is -5.22. The summed E-state index contributed by atoms with van der Waals surface area (Å²) in [7, 11) is 0. The first-order chi connectivity index (χ1) is 25.5. The van der Waals surface area contributed by atoms with Crippen molar-refractivity contribution in [2.45, 2.75) is 19.9 Å². The molecule has 1 aromatic heterocycles. The second-order valence-electron chi connectivity index (χ2n) is 11.2. The Labute approximate surface area is 303 Å². The number of ether oxygens (including phenoxy) is 4. The van der Waals surface area contributed by atoms with E-state index in [1.54, 1.807) is 48.5 Å². The van der Waals surface area contributed by atoms with Crippen molar-refractivity contribution in [2.24, 2.45) is 0 Å². The molecule has 15 heteroatoms. The van der Waals surface area contributed by atoms with E-state index >= 15 is 0 Å². The van der Waals surface area contributed by atoms with Crippen molar-refractivity contribution in [1.29, 1.82) is 0 Å². The number of rotatable bonds is 25. The van der Waals surface area contributed by atoms with Gasteiger partial charge in [-0.15, -0.1) is 0 Å². The molecular formula is C37H47FN8O6. The van der Waals surface area contributed by atoms with Crippen LogP contribution in [-0.4, -0.2) is 99.3 Å². The summed E-state index contributed by atoms with van der Waals surface area (Å²) in [5.74, 6) is 0.208. The molecular weight excluding hydrogens is 671 g/mol. The van der Waals surface area contributed by atoms with Gasteiger partial charge in [-0.3, -0.25) is 9.59 Å². The molecule has 3 aromatic carbocycles. The number of carbonyl (C=O) groups is 2. The molecule has 0 saturated carbocycles. The molecule has 4 aromatic rings. The van der Waals surface area contributed by atoms with E-state index in [4.69, 9.17) is 18.9 Å². The predicted molar refractivity (Wildman–Crippen MR) is 196 cm³/mol. The number of amides is 2. The molecule has 4 rings (SSSR count). The van der Waals surface area contributed by atoms with Gasteiger partial charge >= 0.3 is 0 Å². The quantitative estimate of drug-likeness (QED) is 0.0613. The van der Waals surface area contributed by atoms with Crippen molar-refractivity contribution in [3.63, 3.8) is 0 Å². The number of carbonyl (C=O) groups excluding carboxylic acids is 2. The van der Waals surface area contributed by atoms with Crippen molar-refractivity contribution >= 4 is 35.3 Å². The maximum absolute atomic E-state index is 13.4. The zero-order chi connectivity index (χ0) is 36.6. The number of hydrogen-bond donors (Lipinski definition) is 5. The fourth-order valence-electron chi connectivity index (χ4n) is 4.50. The second-order valence-corrected chi connectivity index (χ2v) is 11.2. The topological polar surface area (TPSA) is 170 Å². The lowest BCUT2D eigenvalue weighted by molar-refractivity contribution is 0.0485. The van der Waals surface area contributed by atoms with E-state index in [1.807, 2.05) is 25.1 Å². The zero-order valence-corrected chi connectivity index (χ0v) is 29.4. The molecule has 2 amide bonds. The number of halogens is 1. The molecule has 278 valence electrons. The SMILES string of the molecule is CCCOCCOCCNC(=O)c1ccc(Nc2nc(NCCOCCOCCNC(=O)c3ccccc3)nc(NCc3ccc(F)cc3)n2)cc1. The predicted octanol–water partition coefficient (Wildman–Crippen LogP) is 4.41. The molecule has 0 aliphatic rings. The van der Waals surface area contributed by atoms with Crippen LogP contribution in [0.25, 0.3) is 0 Å². The van der Waals surface area contributed by atoms with Crippen molar-refractivity contribution in [3.8, 4) is 0 Å². The van der Waals surface area contributed by atoms with Gasteiger partial charge in [0, 0.05) is 49.6 Å². The zero-order valence-electron chi connectivity index (χ0n) is 29.4. The van der Waals surface area contributed by atoms with Crippen LogP contribution in [0.3, 0.4) is 0 Å². The summed E-state index contributed by atoms with van der Waals surface area (Å²) < 4.78 is 35.4. The Morgan fingerprint density at radius 2 is 1.10 bits per heavy atom. The van der Waals surface area contributed by atoms with Gasteiger partial charge in [0.1, 0.15) is 5.82 Å². The highest BCUT2D eigenvalue weighted by Gasteiger charge is 2.10. The van der Waals surface area contributed by atoms with Crippen LogP contribution in [0.5, 0.6) is 0 Å². The molecule has 0 fully saturated rings. The lowest BCUT2D eigenvalue weighted by atomic mass is 10.2. The Morgan fingerprint density at radius 3 is 1.69 bits per heavy atom. The Bertz CT molecular complexity index is 1620. The van der Waals surface area contributed by atoms with Crippen LogP contribution in [0.4, 0.5) is 27.9 Å². The molecule has 0 unspecified atom stereocenters. The van der Waals surface area contributed by atoms with Gasteiger partial charge < -0.3 is 45.5 Å². The molecule has 0 saturated heterocycles. The number of anilines is 4. The molecule has 14 nitrogen and oxygen atoms in total. The van der Waals surface area contributed by atoms with Gasteiger partial charge in [-0.05, 0) is 60.5 Å². The van der Waals surface area contributed by atoms with Gasteiger partial charge in [0.15, 0.2) is 0 Å². The van der Waals surface area contributed by atoms with Gasteiger partial charge in [0.05, 0.1) is 46.2 Å². The summed E-state index contributed by atoms with van der Waals surface area (Å²) in [6, 6.07) is 22.1. The van der Waals surface area contributed by atoms with E-state index in [2.05, 4.69) is 41.5 Å². The van der Waals surface area contributed by atoms with Crippen molar-refractivity contribution in [1.82, 2.24) is 25.6 Å². The highest BCUT2D eigenvalue weighted by molar-refractivity contribution is 5.94. The normalized spacial score (nSPS) is 10.8. The Kier molecular flexibility index (Phi) is 17.7. The first kappa shape index (κ1) is 39.6. The maximum atomic E-state index is 13.4. The summed E-state index contributed by atoms with van der Waals surface area (Å²) in [5, 5.41) is 15.1. The van der Waals surface area contributed by atoms with Gasteiger partial charge in [-0.25, -0.2) is 4.39 Å². The summed E-state index contributed by atoms with van der Waals surface area (Å²) in [6.07, 6.45) is 0.964. The van der Waals surface area contributed by atoms with Gasteiger partial charge in [-0.1, -0.05) is 37.3 Å². The molecule has 52 heavy (non-hydrogen) atoms. The molecule has 0 bridgehead atoms. The maximum Gasteiger partial charge on any atom is 0.251 e. The van der Waals surface area contributed by atoms with Crippen LogP contribution in [-0.2, 0) is 25.5 Å². The van der Waals surface area contributed by atoms with Gasteiger partial charge in [0.2, 0.25) is 17.8 Å². The van der Waals surface area contributed by atoms with Crippen LogP contribution in [0.15, 0.2) is 78.9 Å². The van der Waals surface area contributed by atoms with E-state index in [0.29, 0.717) is 108 Å². The number of hydrogen-bond acceptors (Lipinski definition) is 12. The summed E-state index contributed by atoms with van der Waals surface area (Å²) in [6.45, 7) is 7.22. The smallest absolute Gasteiger partial charge is 0.251 e. The average molecular weight is 719 g/mol. The minimum absolute atomic E-state index is 0.142. The summed E-state index contributed by atoms with van der Waals surface area (Å²) in [4.78, 5) is 38.1. The Balaban J connectivity index is 1.21. The van der Waals surface area contributed by atoms with Crippen molar-refractivity contribution < 1.29 is 32.9 Å². The third kappa shape index (κ3) is 15.3. The van der Waals surface area contributed by atoms with Crippen LogP contribution in [0, 0.1) is 5.82 Å². The Morgan fingerprint density at radius 1 is 0.577 bits per heavy atom. The first-order valence-corrected chi connectivity index (χ1v) is 17.3.